The lowest BCUT2D eigenvalue weighted by atomic mass is 10.3. The second-order valence-electron chi connectivity index (χ2n) is 4.63. The lowest BCUT2D eigenvalue weighted by Crippen LogP contribution is -2.33. The molecule has 0 aromatic heterocycles. The number of benzene rings is 1. The number of non-ortho nitro benzene ring substituents is 1. The highest BCUT2D eigenvalue weighted by Crippen LogP contribution is 2.25. The average molecular weight is 316 g/mol. The van der Waals surface area contributed by atoms with Gasteiger partial charge in [0.25, 0.3) is 5.69 Å². The van der Waals surface area contributed by atoms with Crippen LogP contribution in [0.3, 0.4) is 0 Å². The Labute approximate surface area is 122 Å². The van der Waals surface area contributed by atoms with Crippen LogP contribution in [0, 0.1) is 10.1 Å². The van der Waals surface area contributed by atoms with Gasteiger partial charge in [-0.25, -0.2) is 8.42 Å². The number of nitrogens with zero attached hydrogens (tertiary/aromatic N) is 2. The van der Waals surface area contributed by atoms with Crippen molar-refractivity contribution in [3.63, 3.8) is 0 Å². The first-order valence-corrected chi connectivity index (χ1v) is 8.76. The van der Waals surface area contributed by atoms with Gasteiger partial charge in [0.1, 0.15) is 0 Å². The molecule has 0 radical (unpaired) electrons. The highest BCUT2D eigenvalue weighted by atomic mass is 32.2. The lowest BCUT2D eigenvalue weighted by Gasteiger charge is -2.19. The minimum atomic E-state index is -3.65. The first kappa shape index (κ1) is 15.3. The topological polar surface area (TPSA) is 80.5 Å². The molecule has 1 aliphatic heterocycles. The van der Waals surface area contributed by atoms with Crippen LogP contribution < -0.4 is 0 Å². The Bertz CT molecular complexity index is 603. The predicted octanol–water partition coefficient (Wildman–Crippen LogP) is 2.11. The van der Waals surface area contributed by atoms with Gasteiger partial charge in [-0.2, -0.15) is 16.1 Å². The van der Waals surface area contributed by atoms with Crippen molar-refractivity contribution >= 4 is 27.5 Å². The van der Waals surface area contributed by atoms with Gasteiger partial charge in [-0.3, -0.25) is 10.1 Å². The third-order valence-corrected chi connectivity index (χ3v) is 6.31. The highest BCUT2D eigenvalue weighted by Gasteiger charge is 2.27. The summed E-state index contributed by atoms with van der Waals surface area (Å²) in [5, 5.41) is 11.2. The maximum Gasteiger partial charge on any atom is 0.270 e. The maximum absolute atomic E-state index is 12.5. The molecule has 0 unspecified atom stereocenters. The Morgan fingerprint density at radius 1 is 1.40 bits per heavy atom. The van der Waals surface area contributed by atoms with Crippen LogP contribution in [0.25, 0.3) is 0 Å². The van der Waals surface area contributed by atoms with Gasteiger partial charge in [-0.1, -0.05) is 13.0 Å². The van der Waals surface area contributed by atoms with Gasteiger partial charge in [0.05, 0.1) is 9.82 Å². The molecule has 1 heterocycles. The Balaban J connectivity index is 2.29. The fourth-order valence-corrected chi connectivity index (χ4v) is 4.64. The number of rotatable bonds is 3. The predicted molar refractivity (Wildman–Crippen MR) is 78.4 cm³/mol. The second-order valence-corrected chi connectivity index (χ2v) is 8.11. The van der Waals surface area contributed by atoms with Gasteiger partial charge in [0.2, 0.25) is 10.0 Å². The van der Waals surface area contributed by atoms with E-state index in [1.54, 1.807) is 11.8 Å². The molecule has 8 heteroatoms. The van der Waals surface area contributed by atoms with Gasteiger partial charge < -0.3 is 0 Å². The van der Waals surface area contributed by atoms with Crippen molar-refractivity contribution in [2.75, 3.05) is 18.8 Å². The quantitative estimate of drug-likeness (QED) is 0.630. The van der Waals surface area contributed by atoms with Crippen LogP contribution in [0.4, 0.5) is 5.69 Å². The Morgan fingerprint density at radius 3 is 2.85 bits per heavy atom. The van der Waals surface area contributed by atoms with E-state index in [1.807, 2.05) is 0 Å². The van der Waals surface area contributed by atoms with Crippen LogP contribution in [-0.4, -0.2) is 41.7 Å². The first-order valence-electron chi connectivity index (χ1n) is 6.27. The van der Waals surface area contributed by atoms with Crippen molar-refractivity contribution in [1.82, 2.24) is 4.31 Å². The van der Waals surface area contributed by atoms with E-state index >= 15 is 0 Å². The summed E-state index contributed by atoms with van der Waals surface area (Å²) in [5.41, 5.74) is -0.205. The van der Waals surface area contributed by atoms with E-state index in [4.69, 9.17) is 0 Å². The molecule has 20 heavy (non-hydrogen) atoms. The largest absolute Gasteiger partial charge is 0.270 e. The van der Waals surface area contributed by atoms with Crippen molar-refractivity contribution in [3.05, 3.63) is 34.4 Å². The minimum Gasteiger partial charge on any atom is -0.258 e. The van der Waals surface area contributed by atoms with Gasteiger partial charge in [0.15, 0.2) is 0 Å². The van der Waals surface area contributed by atoms with Crippen LogP contribution in [0.5, 0.6) is 0 Å². The zero-order chi connectivity index (χ0) is 14.8. The van der Waals surface area contributed by atoms with Gasteiger partial charge >= 0.3 is 0 Å². The number of thioether (sulfide) groups is 1. The Kier molecular flexibility index (Phi) is 4.66. The van der Waals surface area contributed by atoms with Gasteiger partial charge in [-0.05, 0) is 12.5 Å². The van der Waals surface area contributed by atoms with E-state index in [1.165, 1.54) is 22.5 Å². The molecule has 0 aliphatic carbocycles. The standard InChI is InChI=1S/C12H16N2O4S2/c1-10-5-6-13(7-8-19-10)20(17,18)12-4-2-3-11(9-12)14(15)16/h2-4,9-10H,5-8H2,1H3/t10-/m1/s1. The summed E-state index contributed by atoms with van der Waals surface area (Å²) >= 11 is 1.75. The van der Waals surface area contributed by atoms with Crippen LogP contribution >= 0.6 is 11.8 Å². The first-order chi connectivity index (χ1) is 9.41. The lowest BCUT2D eigenvalue weighted by molar-refractivity contribution is -0.385. The maximum atomic E-state index is 12.5. The number of hydrogen-bond donors (Lipinski definition) is 0. The van der Waals surface area contributed by atoms with Crippen molar-refractivity contribution in [2.45, 2.75) is 23.5 Å². The number of sulfonamides is 1. The number of nitro benzene ring substituents is 1. The molecule has 1 saturated heterocycles. The molecule has 1 aliphatic rings. The van der Waals surface area contributed by atoms with Crippen molar-refractivity contribution in [3.8, 4) is 0 Å². The summed E-state index contributed by atoms with van der Waals surface area (Å²) in [6, 6.07) is 5.22. The van der Waals surface area contributed by atoms with E-state index in [0.29, 0.717) is 18.3 Å². The van der Waals surface area contributed by atoms with E-state index in [-0.39, 0.29) is 10.6 Å². The summed E-state index contributed by atoms with van der Waals surface area (Å²) in [5.74, 6) is 0.745. The molecule has 2 rings (SSSR count). The summed E-state index contributed by atoms with van der Waals surface area (Å²) in [7, 11) is -3.65. The third-order valence-electron chi connectivity index (χ3n) is 3.19. The molecule has 0 amide bonds. The number of hydrogen-bond acceptors (Lipinski definition) is 5. The normalized spacial score (nSPS) is 21.4. The van der Waals surface area contributed by atoms with Crippen molar-refractivity contribution in [2.24, 2.45) is 0 Å². The summed E-state index contributed by atoms with van der Waals surface area (Å²) in [6.07, 6.45) is 0.790. The van der Waals surface area contributed by atoms with E-state index < -0.39 is 14.9 Å². The molecular formula is C12H16N2O4S2. The summed E-state index contributed by atoms with van der Waals surface area (Å²) in [6.45, 7) is 2.98. The van der Waals surface area contributed by atoms with Crippen LogP contribution in [0.15, 0.2) is 29.2 Å². The molecule has 0 bridgehead atoms. The molecule has 110 valence electrons. The molecule has 1 aromatic rings. The smallest absolute Gasteiger partial charge is 0.258 e. The summed E-state index contributed by atoms with van der Waals surface area (Å²) < 4.78 is 26.5. The van der Waals surface area contributed by atoms with E-state index in [2.05, 4.69) is 6.92 Å². The fraction of sp³-hybridized carbons (Fsp3) is 0.500. The van der Waals surface area contributed by atoms with Gasteiger partial charge in [-0.15, -0.1) is 0 Å². The average Bonchev–Trinajstić information content (AvgIpc) is 2.64. The molecule has 1 aromatic carbocycles. The number of nitro groups is 1. The van der Waals surface area contributed by atoms with Crippen LogP contribution in [-0.2, 0) is 10.0 Å². The molecule has 6 nitrogen and oxygen atoms in total. The fourth-order valence-electron chi connectivity index (χ4n) is 2.02. The van der Waals surface area contributed by atoms with Crippen molar-refractivity contribution in [1.29, 1.82) is 0 Å². The molecule has 0 saturated carbocycles. The minimum absolute atomic E-state index is 0.00810. The molecule has 0 spiro atoms. The molecule has 1 atom stereocenters. The van der Waals surface area contributed by atoms with Gasteiger partial charge in [0, 0.05) is 36.2 Å². The van der Waals surface area contributed by atoms with Crippen molar-refractivity contribution < 1.29 is 13.3 Å². The highest BCUT2D eigenvalue weighted by molar-refractivity contribution is 8.00. The Hall–Kier alpha value is -1.12. The third kappa shape index (κ3) is 3.31. The van der Waals surface area contributed by atoms with E-state index in [9.17, 15) is 18.5 Å². The monoisotopic (exact) mass is 316 g/mol. The van der Waals surface area contributed by atoms with Crippen LogP contribution in [0.1, 0.15) is 13.3 Å². The van der Waals surface area contributed by atoms with E-state index in [0.717, 1.165) is 18.2 Å². The van der Waals surface area contributed by atoms with Crippen LogP contribution in [0.2, 0.25) is 0 Å². The SMILES string of the molecule is C[C@@H]1CCN(S(=O)(=O)c2cccc([N+](=O)[O-])c2)CCS1. The molecular weight excluding hydrogens is 300 g/mol. The summed E-state index contributed by atoms with van der Waals surface area (Å²) in [4.78, 5) is 10.2. The molecule has 1 fully saturated rings. The Morgan fingerprint density at radius 2 is 2.15 bits per heavy atom. The zero-order valence-corrected chi connectivity index (χ0v) is 12.7. The zero-order valence-electron chi connectivity index (χ0n) is 11.1. The second kappa shape index (κ2) is 6.11. The molecule has 0 N–H and O–H groups in total.